The average Bonchev–Trinajstić information content (AvgIpc) is 3.13. The highest BCUT2D eigenvalue weighted by Gasteiger charge is 2.15. The predicted molar refractivity (Wildman–Crippen MR) is 123 cm³/mol. The average molecular weight is 431 g/mol. The number of aliphatic hydroxyl groups is 1. The number of rotatable bonds is 10. The molecular weight excluding hydrogens is 392 g/mol. The molecule has 1 aromatic heterocycles. The Labute approximate surface area is 186 Å². The number of benzene rings is 1. The zero-order valence-electron chi connectivity index (χ0n) is 19.3. The Morgan fingerprint density at radius 2 is 1.77 bits per heavy atom. The highest BCUT2D eigenvalue weighted by molar-refractivity contribution is 5.43. The van der Waals surface area contributed by atoms with Crippen LogP contribution in [0.25, 0.3) is 0 Å². The molecular formula is C25H38N2O4. The summed E-state index contributed by atoms with van der Waals surface area (Å²) >= 11 is 0. The first kappa shape index (κ1) is 23.6. The van der Waals surface area contributed by atoms with Gasteiger partial charge in [-0.2, -0.15) is 0 Å². The van der Waals surface area contributed by atoms with Gasteiger partial charge in [-0.15, -0.1) is 0 Å². The quantitative estimate of drug-likeness (QED) is 0.609. The predicted octanol–water partition coefficient (Wildman–Crippen LogP) is 4.23. The zero-order chi connectivity index (χ0) is 22.1. The van der Waals surface area contributed by atoms with E-state index in [0.717, 1.165) is 43.3 Å². The van der Waals surface area contributed by atoms with Crippen LogP contribution in [0.3, 0.4) is 0 Å². The van der Waals surface area contributed by atoms with E-state index in [1.54, 1.807) is 7.11 Å². The number of aryl methyl sites for hydroxylation is 1. The standard InChI is InChI=1S/C25H38N2O4/c1-20-9-11-23(31-20)18-26(2)16-21-10-12-24(29-3)25(15-21)30-19-22(28)17-27-13-7-5-4-6-8-14-27/h9-12,15,22,28H,4-8,13-14,16-19H2,1-3H3. The van der Waals surface area contributed by atoms with Crippen LogP contribution < -0.4 is 9.47 Å². The van der Waals surface area contributed by atoms with Gasteiger partial charge in [0.25, 0.3) is 0 Å². The van der Waals surface area contributed by atoms with Crippen molar-refractivity contribution in [3.8, 4) is 11.5 Å². The second-order valence-corrected chi connectivity index (χ2v) is 8.70. The van der Waals surface area contributed by atoms with Crippen molar-refractivity contribution in [1.29, 1.82) is 0 Å². The van der Waals surface area contributed by atoms with Crippen molar-refractivity contribution in [3.63, 3.8) is 0 Å². The number of hydrogen-bond acceptors (Lipinski definition) is 6. The summed E-state index contributed by atoms with van der Waals surface area (Å²) in [5, 5.41) is 10.5. The Hall–Kier alpha value is -2.02. The van der Waals surface area contributed by atoms with Crippen molar-refractivity contribution in [3.05, 3.63) is 47.4 Å². The number of furan rings is 1. The monoisotopic (exact) mass is 430 g/mol. The fourth-order valence-corrected chi connectivity index (χ4v) is 4.17. The molecule has 1 N–H and O–H groups in total. The molecule has 1 aromatic carbocycles. The van der Waals surface area contributed by atoms with Crippen LogP contribution in [0.1, 0.15) is 49.2 Å². The van der Waals surface area contributed by atoms with E-state index in [2.05, 4.69) is 16.8 Å². The fraction of sp³-hybridized carbons (Fsp3) is 0.600. The molecule has 1 atom stereocenters. The summed E-state index contributed by atoms with van der Waals surface area (Å²) in [6, 6.07) is 9.99. The van der Waals surface area contributed by atoms with Gasteiger partial charge >= 0.3 is 0 Å². The van der Waals surface area contributed by atoms with Crippen molar-refractivity contribution in [2.24, 2.45) is 0 Å². The molecule has 0 aliphatic carbocycles. The molecule has 1 aliphatic rings. The topological polar surface area (TPSA) is 58.3 Å². The van der Waals surface area contributed by atoms with Crippen LogP contribution >= 0.6 is 0 Å². The lowest BCUT2D eigenvalue weighted by atomic mass is 10.1. The number of nitrogens with zero attached hydrogens (tertiary/aromatic N) is 2. The molecule has 1 aliphatic heterocycles. The zero-order valence-corrected chi connectivity index (χ0v) is 19.3. The summed E-state index contributed by atoms with van der Waals surface area (Å²) in [6.45, 7) is 6.51. The number of methoxy groups -OCH3 is 1. The molecule has 1 saturated heterocycles. The van der Waals surface area contributed by atoms with Crippen LogP contribution in [0.2, 0.25) is 0 Å². The number of likely N-dealkylation sites (tertiary alicyclic amines) is 1. The molecule has 6 heteroatoms. The van der Waals surface area contributed by atoms with Gasteiger partial charge in [0, 0.05) is 13.1 Å². The van der Waals surface area contributed by atoms with Crippen LogP contribution in [-0.2, 0) is 13.1 Å². The van der Waals surface area contributed by atoms with Crippen LogP contribution in [-0.4, -0.2) is 61.4 Å². The summed E-state index contributed by atoms with van der Waals surface area (Å²) in [5.41, 5.74) is 1.12. The Morgan fingerprint density at radius 3 is 2.45 bits per heavy atom. The van der Waals surface area contributed by atoms with Crippen molar-refractivity contribution in [2.75, 3.05) is 40.4 Å². The van der Waals surface area contributed by atoms with Crippen LogP contribution in [0.15, 0.2) is 34.7 Å². The van der Waals surface area contributed by atoms with Gasteiger partial charge in [-0.1, -0.05) is 25.3 Å². The lowest BCUT2D eigenvalue weighted by Gasteiger charge is -2.27. The van der Waals surface area contributed by atoms with E-state index in [1.165, 1.54) is 32.1 Å². The maximum atomic E-state index is 10.5. The van der Waals surface area contributed by atoms with E-state index in [-0.39, 0.29) is 6.61 Å². The number of ether oxygens (including phenoxy) is 2. The van der Waals surface area contributed by atoms with E-state index < -0.39 is 6.10 Å². The second kappa shape index (κ2) is 12.1. The number of β-amino-alcohol motifs (C(OH)–C–C–N with tert-alkyl or cyclic N) is 1. The SMILES string of the molecule is COc1ccc(CN(C)Cc2ccc(C)o2)cc1OCC(O)CN1CCCCCCC1. The summed E-state index contributed by atoms with van der Waals surface area (Å²) in [6.07, 6.45) is 5.84. The summed E-state index contributed by atoms with van der Waals surface area (Å²) in [7, 11) is 3.71. The first-order chi connectivity index (χ1) is 15.0. The molecule has 6 nitrogen and oxygen atoms in total. The molecule has 2 aromatic rings. The van der Waals surface area contributed by atoms with Gasteiger partial charge in [-0.05, 0) is 69.7 Å². The van der Waals surface area contributed by atoms with Gasteiger partial charge in [-0.3, -0.25) is 4.90 Å². The molecule has 2 heterocycles. The highest BCUT2D eigenvalue weighted by Crippen LogP contribution is 2.29. The minimum Gasteiger partial charge on any atom is -0.493 e. The summed E-state index contributed by atoms with van der Waals surface area (Å²) in [5.74, 6) is 3.25. The second-order valence-electron chi connectivity index (χ2n) is 8.70. The van der Waals surface area contributed by atoms with Gasteiger partial charge in [-0.25, -0.2) is 0 Å². The van der Waals surface area contributed by atoms with Crippen molar-refractivity contribution in [2.45, 2.75) is 58.2 Å². The molecule has 0 spiro atoms. The molecule has 0 saturated carbocycles. The Kier molecular flexibility index (Phi) is 9.25. The summed E-state index contributed by atoms with van der Waals surface area (Å²) in [4.78, 5) is 4.56. The normalized spacial score (nSPS) is 16.7. The van der Waals surface area contributed by atoms with Crippen molar-refractivity contribution in [1.82, 2.24) is 9.80 Å². The molecule has 0 radical (unpaired) electrons. The van der Waals surface area contributed by atoms with Crippen molar-refractivity contribution >= 4 is 0 Å². The smallest absolute Gasteiger partial charge is 0.161 e. The first-order valence-corrected chi connectivity index (χ1v) is 11.5. The Balaban J connectivity index is 1.53. The molecule has 0 amide bonds. The van der Waals surface area contributed by atoms with E-state index in [1.807, 2.05) is 37.3 Å². The lowest BCUT2D eigenvalue weighted by molar-refractivity contribution is 0.0644. The molecule has 31 heavy (non-hydrogen) atoms. The molecule has 172 valence electrons. The fourth-order valence-electron chi connectivity index (χ4n) is 4.17. The van der Waals surface area contributed by atoms with E-state index >= 15 is 0 Å². The minimum absolute atomic E-state index is 0.262. The van der Waals surface area contributed by atoms with Crippen LogP contribution in [0, 0.1) is 6.92 Å². The summed E-state index contributed by atoms with van der Waals surface area (Å²) < 4.78 is 17.1. The Morgan fingerprint density at radius 1 is 1.03 bits per heavy atom. The van der Waals surface area contributed by atoms with Crippen LogP contribution in [0.5, 0.6) is 11.5 Å². The molecule has 0 bridgehead atoms. The molecule has 1 fully saturated rings. The van der Waals surface area contributed by atoms with Gasteiger partial charge < -0.3 is 23.9 Å². The van der Waals surface area contributed by atoms with E-state index in [9.17, 15) is 5.11 Å². The maximum absolute atomic E-state index is 10.5. The van der Waals surface area contributed by atoms with Crippen LogP contribution in [0.4, 0.5) is 0 Å². The van der Waals surface area contributed by atoms with E-state index in [0.29, 0.717) is 18.0 Å². The maximum Gasteiger partial charge on any atom is 0.161 e. The van der Waals surface area contributed by atoms with Gasteiger partial charge in [0.05, 0.1) is 13.7 Å². The Bertz CT molecular complexity index is 784. The third-order valence-electron chi connectivity index (χ3n) is 5.75. The van der Waals surface area contributed by atoms with Gasteiger partial charge in [0.15, 0.2) is 11.5 Å². The third kappa shape index (κ3) is 7.87. The third-order valence-corrected chi connectivity index (χ3v) is 5.75. The van der Waals surface area contributed by atoms with Gasteiger partial charge in [0.2, 0.25) is 0 Å². The van der Waals surface area contributed by atoms with Gasteiger partial charge in [0.1, 0.15) is 24.2 Å². The first-order valence-electron chi connectivity index (χ1n) is 11.5. The van der Waals surface area contributed by atoms with Crippen molar-refractivity contribution < 1.29 is 19.0 Å². The number of hydrogen-bond donors (Lipinski definition) is 1. The lowest BCUT2D eigenvalue weighted by Crippen LogP contribution is -2.37. The molecule has 1 unspecified atom stereocenters. The number of aliphatic hydroxyl groups excluding tert-OH is 1. The van der Waals surface area contributed by atoms with E-state index in [4.69, 9.17) is 13.9 Å². The molecule has 3 rings (SSSR count). The highest BCUT2D eigenvalue weighted by atomic mass is 16.5. The minimum atomic E-state index is -0.516. The largest absolute Gasteiger partial charge is 0.493 e.